The number of nitrogens with zero attached hydrogens (tertiary/aromatic N) is 4. The number of carbonyl (C=O) groups excluding carboxylic acids is 5. The van der Waals surface area contributed by atoms with Crippen molar-refractivity contribution >= 4 is 29.4 Å². The van der Waals surface area contributed by atoms with Gasteiger partial charge < -0.3 is 58.2 Å². The van der Waals surface area contributed by atoms with Crippen LogP contribution in [0.25, 0.3) is 0 Å². The molecule has 6 fully saturated rings. The van der Waals surface area contributed by atoms with Gasteiger partial charge in [-0.2, -0.15) is 26.3 Å². The molecule has 6 unspecified atom stereocenters. The summed E-state index contributed by atoms with van der Waals surface area (Å²) >= 11 is 0. The van der Waals surface area contributed by atoms with Crippen LogP contribution >= 0.6 is 0 Å². The number of alkyl halides is 6. The number of carbonyl (C=O) groups is 5. The predicted molar refractivity (Wildman–Crippen MR) is 355 cm³/mol. The standard InChI is InChI=1S/C22H28N2O4.C19H23NO4.C13H20N2O.C10H12O2.C4F6O2.C4H9NO/c1-26-20-6-5-18(21(12-20)27-2)14-23-13-17-4-3-16(11-19(17)15-23)22(25)24-7-9-28-10-8-24;1-22-17-7-6-15(18(9-17)23-2)11-20-10-14-5-4-13(19(21)24-3)8-16(14)12-20;1-2-12-8-14-9-13(12)7-11(1)10-15-3-5-16-6-4-15;1-7-4-5-9(6-8(7)2)10(11)12-3;5-3(6,7)1(11)2(12)4(8,9)10;1-3-6-4-2-5-1/h3-6,11-12,17,19H,7-10,13-15H2,1-2H3;4-9,14,16H,10-12H2,1-3H3;1-2,7,12-14H,3-6,8-10H2;4-6H,1-3H3;;5H,1-4H2. The van der Waals surface area contributed by atoms with E-state index in [1.807, 2.05) is 79.4 Å². The summed E-state index contributed by atoms with van der Waals surface area (Å²) in [5.74, 6) is -0.817. The average Bonchev–Trinajstić information content (AvgIpc) is 1.67. The van der Waals surface area contributed by atoms with E-state index in [-0.39, 0.29) is 17.8 Å². The Bertz CT molecular complexity index is 3320. The molecule has 0 aromatic heterocycles. The molecular weight excluding hydrogens is 1290 g/mol. The number of morpholine rings is 3. The number of hydrogen-bond acceptors (Lipinski definition) is 19. The third-order valence-electron chi connectivity index (χ3n) is 17.9. The van der Waals surface area contributed by atoms with Gasteiger partial charge in [-0.15, -0.1) is 0 Å². The van der Waals surface area contributed by atoms with Crippen molar-refractivity contribution < 1.29 is 92.9 Å². The molecule has 26 heteroatoms. The fraction of sp³-hybridized carbons (Fsp3) is 0.514. The Morgan fingerprint density at radius 3 is 1.43 bits per heavy atom. The Kier molecular flexibility index (Phi) is 30.1. The molecule has 12 rings (SSSR count). The first-order valence-corrected chi connectivity index (χ1v) is 32.6. The number of rotatable bonds is 14. The number of hydrogen-bond donors (Lipinski definition) is 2. The number of amides is 1. The van der Waals surface area contributed by atoms with Crippen molar-refractivity contribution in [2.24, 2.45) is 35.5 Å². The summed E-state index contributed by atoms with van der Waals surface area (Å²) in [6.07, 6.45) is 8.09. The molecule has 1 amide bonds. The monoisotopic (exact) mass is 1380 g/mol. The smallest absolute Gasteiger partial charge is 0.458 e. The Hall–Kier alpha value is -7.69. The second kappa shape index (κ2) is 38.0. The van der Waals surface area contributed by atoms with Crippen molar-refractivity contribution in [1.29, 1.82) is 0 Å². The van der Waals surface area contributed by atoms with Crippen molar-refractivity contribution in [2.45, 2.75) is 39.3 Å². The van der Waals surface area contributed by atoms with Crippen molar-refractivity contribution in [3.8, 4) is 23.0 Å². The van der Waals surface area contributed by atoms with E-state index >= 15 is 0 Å². The van der Waals surface area contributed by atoms with Crippen molar-refractivity contribution in [3.05, 3.63) is 154 Å². The van der Waals surface area contributed by atoms with E-state index in [2.05, 4.69) is 72.6 Å². The molecule has 3 aliphatic carbocycles. The largest absolute Gasteiger partial charge is 0.497 e. The molecule has 0 spiro atoms. The van der Waals surface area contributed by atoms with Gasteiger partial charge in [0.25, 0.3) is 5.91 Å². The van der Waals surface area contributed by atoms with E-state index < -0.39 is 23.9 Å². The molecule has 3 aromatic rings. The molecule has 98 heavy (non-hydrogen) atoms. The number of ketones is 2. The van der Waals surface area contributed by atoms with Crippen LogP contribution in [0, 0.1) is 49.4 Å². The van der Waals surface area contributed by atoms with Crippen LogP contribution in [-0.4, -0.2) is 229 Å². The minimum atomic E-state index is -5.77. The SMILES string of the molecule is C1=CC2CNCC2C=C1CN1CCOCC1.C1COCCN1.COC(=O)C1=CC2CN(Cc3ccc(OC)cc3OC)CC2C=C1.COC(=O)c1ccc(C)c(C)c1.COc1ccc(CN2CC3C=CC(C(=O)N4CCOCC4)=CC3C2)c(OC)c1.O=C(C(=O)C(F)(F)F)C(F)(F)F. The molecule has 0 radical (unpaired) electrons. The first-order chi connectivity index (χ1) is 46.9. The number of fused-ring (bicyclic) bond motifs is 3. The predicted octanol–water partition coefficient (Wildman–Crippen LogP) is 8.12. The van der Waals surface area contributed by atoms with E-state index in [1.165, 1.54) is 25.4 Å². The first kappa shape index (κ1) is 77.7. The molecule has 6 heterocycles. The van der Waals surface area contributed by atoms with E-state index in [4.69, 9.17) is 37.9 Å². The fourth-order valence-electron chi connectivity index (χ4n) is 12.3. The van der Waals surface area contributed by atoms with E-state index in [1.54, 1.807) is 34.5 Å². The normalized spacial score (nSPS) is 22.5. The van der Waals surface area contributed by atoms with Gasteiger partial charge in [0.05, 0.1) is 93.4 Å². The lowest BCUT2D eigenvalue weighted by molar-refractivity contribution is -0.193. The Balaban J connectivity index is 0.000000175. The van der Waals surface area contributed by atoms with Gasteiger partial charge in [-0.3, -0.25) is 29.1 Å². The molecule has 2 N–H and O–H groups in total. The zero-order valence-corrected chi connectivity index (χ0v) is 57.0. The molecule has 536 valence electrons. The van der Waals surface area contributed by atoms with Gasteiger partial charge in [0.2, 0.25) is 0 Å². The number of likely N-dealkylation sites (tertiary alicyclic amines) is 2. The number of nitrogens with one attached hydrogen (secondary N) is 2. The number of methoxy groups -OCH3 is 6. The van der Waals surface area contributed by atoms with Crippen molar-refractivity contribution in [3.63, 3.8) is 0 Å². The maximum absolute atomic E-state index is 12.8. The summed E-state index contributed by atoms with van der Waals surface area (Å²) < 4.78 is 114. The third-order valence-corrected chi connectivity index (χ3v) is 17.9. The highest BCUT2D eigenvalue weighted by Crippen LogP contribution is 2.36. The third kappa shape index (κ3) is 23.2. The molecule has 6 atom stereocenters. The molecule has 3 aromatic carbocycles. The Morgan fingerprint density at radius 2 is 0.959 bits per heavy atom. The summed E-state index contributed by atoms with van der Waals surface area (Å²) in [6.45, 7) is 23.3. The minimum Gasteiger partial charge on any atom is -0.497 e. The molecule has 0 bridgehead atoms. The van der Waals surface area contributed by atoms with Gasteiger partial charge in [0.1, 0.15) is 23.0 Å². The van der Waals surface area contributed by atoms with Gasteiger partial charge >= 0.3 is 35.9 Å². The first-order valence-electron chi connectivity index (χ1n) is 32.6. The minimum absolute atomic E-state index is 0.133. The highest BCUT2D eigenvalue weighted by atomic mass is 19.4. The summed E-state index contributed by atoms with van der Waals surface area (Å²) in [7, 11) is 9.48. The number of ether oxygens (including phenoxy) is 9. The number of benzene rings is 3. The van der Waals surface area contributed by atoms with Gasteiger partial charge in [-0.1, -0.05) is 72.9 Å². The van der Waals surface area contributed by atoms with Crippen LogP contribution in [0.1, 0.15) is 32.6 Å². The fourth-order valence-corrected chi connectivity index (χ4v) is 12.3. The summed E-state index contributed by atoms with van der Waals surface area (Å²) in [6, 6.07) is 17.4. The van der Waals surface area contributed by atoms with Gasteiger partial charge in [0.15, 0.2) is 0 Å². The Morgan fingerprint density at radius 1 is 0.480 bits per heavy atom. The number of halogens is 6. The lowest BCUT2D eigenvalue weighted by Crippen LogP contribution is -2.41. The molecule has 9 aliphatic rings. The molecular formula is C72H92F6N6O14. The molecule has 6 saturated heterocycles. The number of aryl methyl sites for hydroxylation is 2. The van der Waals surface area contributed by atoms with Gasteiger partial charge in [-0.05, 0) is 90.3 Å². The molecule has 20 nitrogen and oxygen atoms in total. The molecule has 6 aliphatic heterocycles. The van der Waals surface area contributed by atoms with Crippen molar-refractivity contribution in [2.75, 3.05) is 167 Å². The molecule has 0 saturated carbocycles. The van der Waals surface area contributed by atoms with Gasteiger partial charge in [-0.25, -0.2) is 9.59 Å². The second-order valence-electron chi connectivity index (χ2n) is 24.5. The number of esters is 2. The zero-order valence-electron chi connectivity index (χ0n) is 57.0. The van der Waals surface area contributed by atoms with Crippen LogP contribution in [0.3, 0.4) is 0 Å². The second-order valence-corrected chi connectivity index (χ2v) is 24.5. The maximum atomic E-state index is 12.8. The van der Waals surface area contributed by atoms with E-state index in [0.717, 1.165) is 169 Å². The van der Waals surface area contributed by atoms with E-state index in [0.29, 0.717) is 61.1 Å². The van der Waals surface area contributed by atoms with E-state index in [9.17, 15) is 50.3 Å². The summed E-state index contributed by atoms with van der Waals surface area (Å²) in [5.41, 5.74) is 8.17. The van der Waals surface area contributed by atoms with Crippen LogP contribution in [0.4, 0.5) is 26.3 Å². The number of Topliss-reactive ketones (excluding diaryl/α,β-unsaturated/α-hetero) is 2. The Labute approximate surface area is 569 Å². The average molecular weight is 1380 g/mol. The highest BCUT2D eigenvalue weighted by Gasteiger charge is 2.54. The zero-order chi connectivity index (χ0) is 70.9. The summed E-state index contributed by atoms with van der Waals surface area (Å²) in [4.78, 5) is 64.0. The van der Waals surface area contributed by atoms with Crippen LogP contribution in [0.5, 0.6) is 23.0 Å². The lowest BCUT2D eigenvalue weighted by atomic mass is 9.88. The van der Waals surface area contributed by atoms with Gasteiger partial charge in [0, 0.05) is 127 Å². The highest BCUT2D eigenvalue weighted by molar-refractivity contribution is 6.41. The maximum Gasteiger partial charge on any atom is 0.458 e. The lowest BCUT2D eigenvalue weighted by Gasteiger charge is -2.28. The van der Waals surface area contributed by atoms with Crippen LogP contribution in [0.15, 0.2) is 126 Å². The summed E-state index contributed by atoms with van der Waals surface area (Å²) in [5, 5.41) is 6.62. The van der Waals surface area contributed by atoms with Crippen LogP contribution < -0.4 is 29.6 Å². The van der Waals surface area contributed by atoms with Crippen molar-refractivity contribution in [1.82, 2.24) is 30.2 Å². The van der Waals surface area contributed by atoms with Crippen LogP contribution in [-0.2, 0) is 56.0 Å². The topological polar surface area (TPSA) is 205 Å². The van der Waals surface area contributed by atoms with Crippen LogP contribution in [0.2, 0.25) is 0 Å². The quantitative estimate of drug-likeness (QED) is 0.0888.